The summed E-state index contributed by atoms with van der Waals surface area (Å²) in [6.07, 6.45) is 5.00. The normalized spacial score (nSPS) is 14.9. The van der Waals surface area contributed by atoms with Crippen LogP contribution in [-0.2, 0) is 10.3 Å². The third-order valence-corrected chi connectivity index (χ3v) is 3.91. The number of nitrogens with zero attached hydrogens (tertiary/aromatic N) is 2. The lowest BCUT2D eigenvalue weighted by Crippen LogP contribution is -2.20. The van der Waals surface area contributed by atoms with Crippen molar-refractivity contribution in [3.63, 3.8) is 0 Å². The van der Waals surface area contributed by atoms with E-state index >= 15 is 0 Å². The van der Waals surface area contributed by atoms with Gasteiger partial charge in [0.1, 0.15) is 5.75 Å². The fourth-order valence-corrected chi connectivity index (χ4v) is 2.45. The van der Waals surface area contributed by atoms with E-state index in [-0.39, 0.29) is 5.54 Å². The topological polar surface area (TPSA) is 73.3 Å². The molecule has 0 atom stereocenters. The summed E-state index contributed by atoms with van der Waals surface area (Å²) in [7, 11) is 1.65. The maximum absolute atomic E-state index is 11.6. The number of methoxy groups -OCH3 is 1. The van der Waals surface area contributed by atoms with Crippen molar-refractivity contribution in [2.45, 2.75) is 25.3 Å². The summed E-state index contributed by atoms with van der Waals surface area (Å²) >= 11 is 0. The first-order chi connectivity index (χ1) is 11.2. The van der Waals surface area contributed by atoms with Gasteiger partial charge in [-0.05, 0) is 37.5 Å². The van der Waals surface area contributed by atoms with Gasteiger partial charge < -0.3 is 14.8 Å². The highest BCUT2D eigenvalue weighted by atomic mass is 16.5. The molecular weight excluding hydrogens is 294 g/mol. The number of aromatic nitrogens is 2. The fourth-order valence-electron chi connectivity index (χ4n) is 2.45. The Bertz CT molecular complexity index is 679. The predicted molar refractivity (Wildman–Crippen MR) is 85.5 cm³/mol. The number of hydrogen-bond acceptors (Lipinski definition) is 6. The molecular formula is C17H19N3O3. The monoisotopic (exact) mass is 313 g/mol. The standard InChI is InChI=1S/C17H19N3O3/c1-3-23-15(21)12-10-18-16(19-11-12)20-17(8-9-17)13-4-6-14(22-2)7-5-13/h4-7,10-11H,3,8-9H2,1-2H3,(H,18,19,20). The van der Waals surface area contributed by atoms with Gasteiger partial charge in [0.2, 0.25) is 5.95 Å². The zero-order valence-electron chi connectivity index (χ0n) is 13.2. The Morgan fingerprint density at radius 2 is 1.87 bits per heavy atom. The maximum atomic E-state index is 11.6. The average Bonchev–Trinajstić information content (AvgIpc) is 3.36. The number of rotatable bonds is 6. The zero-order valence-corrected chi connectivity index (χ0v) is 13.2. The van der Waals surface area contributed by atoms with Gasteiger partial charge in [0.05, 0.1) is 24.8 Å². The highest BCUT2D eigenvalue weighted by Crippen LogP contribution is 2.48. The number of hydrogen-bond donors (Lipinski definition) is 1. The molecule has 1 N–H and O–H groups in total. The first-order valence-electron chi connectivity index (χ1n) is 7.59. The van der Waals surface area contributed by atoms with Crippen molar-refractivity contribution < 1.29 is 14.3 Å². The molecule has 3 rings (SSSR count). The molecule has 1 aliphatic rings. The van der Waals surface area contributed by atoms with Crippen LogP contribution in [0.25, 0.3) is 0 Å². The Hall–Kier alpha value is -2.63. The molecule has 0 radical (unpaired) electrons. The molecule has 1 aliphatic carbocycles. The number of benzene rings is 1. The molecule has 6 nitrogen and oxygen atoms in total. The summed E-state index contributed by atoms with van der Waals surface area (Å²) < 4.78 is 10.1. The third-order valence-electron chi connectivity index (χ3n) is 3.91. The molecule has 0 spiro atoms. The molecule has 0 amide bonds. The Balaban J connectivity index is 1.72. The largest absolute Gasteiger partial charge is 0.497 e. The van der Waals surface area contributed by atoms with Crippen LogP contribution in [0.1, 0.15) is 35.7 Å². The predicted octanol–water partition coefficient (Wildman–Crippen LogP) is 2.76. The van der Waals surface area contributed by atoms with Gasteiger partial charge in [-0.2, -0.15) is 0 Å². The van der Waals surface area contributed by atoms with Crippen molar-refractivity contribution >= 4 is 11.9 Å². The molecule has 1 aromatic heterocycles. The van der Waals surface area contributed by atoms with Gasteiger partial charge in [-0.1, -0.05) is 12.1 Å². The molecule has 0 saturated heterocycles. The third kappa shape index (κ3) is 3.26. The van der Waals surface area contributed by atoms with Crippen molar-refractivity contribution in [1.82, 2.24) is 9.97 Å². The second kappa shape index (κ2) is 6.24. The van der Waals surface area contributed by atoms with E-state index in [9.17, 15) is 4.79 Å². The number of anilines is 1. The minimum atomic E-state index is -0.407. The highest BCUT2D eigenvalue weighted by Gasteiger charge is 2.45. The van der Waals surface area contributed by atoms with Crippen LogP contribution in [0, 0.1) is 0 Å². The van der Waals surface area contributed by atoms with Gasteiger partial charge in [-0.25, -0.2) is 14.8 Å². The van der Waals surface area contributed by atoms with Crippen LogP contribution < -0.4 is 10.1 Å². The first-order valence-corrected chi connectivity index (χ1v) is 7.59. The fraction of sp³-hybridized carbons (Fsp3) is 0.353. The summed E-state index contributed by atoms with van der Waals surface area (Å²) in [5, 5.41) is 3.37. The number of esters is 1. The van der Waals surface area contributed by atoms with Gasteiger partial charge >= 0.3 is 5.97 Å². The van der Waals surface area contributed by atoms with E-state index < -0.39 is 5.97 Å². The molecule has 0 bridgehead atoms. The molecule has 1 saturated carbocycles. The maximum Gasteiger partial charge on any atom is 0.341 e. The SMILES string of the molecule is CCOC(=O)c1cnc(NC2(c3ccc(OC)cc3)CC2)nc1. The van der Waals surface area contributed by atoms with Crippen LogP contribution >= 0.6 is 0 Å². The van der Waals surface area contributed by atoms with Crippen LogP contribution in [0.15, 0.2) is 36.7 Å². The molecule has 2 aromatic rings. The number of ether oxygens (including phenoxy) is 2. The first kappa shape index (κ1) is 15.3. The Kier molecular flexibility index (Phi) is 4.14. The number of nitrogens with one attached hydrogen (secondary N) is 1. The number of carbonyl (C=O) groups excluding carboxylic acids is 1. The van der Waals surface area contributed by atoms with E-state index in [2.05, 4.69) is 15.3 Å². The summed E-state index contributed by atoms with van der Waals surface area (Å²) in [5.41, 5.74) is 1.40. The van der Waals surface area contributed by atoms with E-state index in [4.69, 9.17) is 9.47 Å². The second-order valence-corrected chi connectivity index (χ2v) is 5.45. The van der Waals surface area contributed by atoms with Crippen molar-refractivity contribution in [3.8, 4) is 5.75 Å². The Labute approximate surface area is 134 Å². The van der Waals surface area contributed by atoms with E-state index in [1.54, 1.807) is 14.0 Å². The quantitative estimate of drug-likeness (QED) is 0.827. The smallest absolute Gasteiger partial charge is 0.341 e. The highest BCUT2D eigenvalue weighted by molar-refractivity contribution is 5.88. The molecule has 0 unspecified atom stereocenters. The lowest BCUT2D eigenvalue weighted by molar-refractivity contribution is 0.0525. The average molecular weight is 313 g/mol. The summed E-state index contributed by atoms with van der Waals surface area (Å²) in [6.45, 7) is 2.10. The molecule has 1 heterocycles. The lowest BCUT2D eigenvalue weighted by Gasteiger charge is -2.18. The molecule has 23 heavy (non-hydrogen) atoms. The van der Waals surface area contributed by atoms with E-state index in [0.29, 0.717) is 18.1 Å². The molecule has 1 aromatic carbocycles. The second-order valence-electron chi connectivity index (χ2n) is 5.45. The van der Waals surface area contributed by atoms with Gasteiger partial charge in [0.25, 0.3) is 0 Å². The Morgan fingerprint density at radius 3 is 2.39 bits per heavy atom. The van der Waals surface area contributed by atoms with E-state index in [1.165, 1.54) is 18.0 Å². The van der Waals surface area contributed by atoms with Crippen molar-refractivity contribution in [3.05, 3.63) is 47.8 Å². The zero-order chi connectivity index (χ0) is 16.3. The lowest BCUT2D eigenvalue weighted by atomic mass is 10.1. The van der Waals surface area contributed by atoms with Crippen LogP contribution in [0.4, 0.5) is 5.95 Å². The summed E-state index contributed by atoms with van der Waals surface area (Å²) in [4.78, 5) is 20.0. The molecule has 1 fully saturated rings. The summed E-state index contributed by atoms with van der Waals surface area (Å²) in [5.74, 6) is 0.932. The Morgan fingerprint density at radius 1 is 1.22 bits per heavy atom. The van der Waals surface area contributed by atoms with Gasteiger partial charge in [-0.15, -0.1) is 0 Å². The minimum Gasteiger partial charge on any atom is -0.497 e. The number of carbonyl (C=O) groups is 1. The molecule has 120 valence electrons. The van der Waals surface area contributed by atoms with Crippen LogP contribution in [0.3, 0.4) is 0 Å². The minimum absolute atomic E-state index is 0.127. The van der Waals surface area contributed by atoms with Crippen LogP contribution in [0.2, 0.25) is 0 Å². The van der Waals surface area contributed by atoms with Crippen molar-refractivity contribution in [2.75, 3.05) is 19.0 Å². The molecule has 6 heteroatoms. The van der Waals surface area contributed by atoms with E-state index in [1.807, 2.05) is 24.3 Å². The molecule has 0 aliphatic heterocycles. The summed E-state index contributed by atoms with van der Waals surface area (Å²) in [6, 6.07) is 7.99. The van der Waals surface area contributed by atoms with Crippen LogP contribution in [0.5, 0.6) is 5.75 Å². The van der Waals surface area contributed by atoms with Crippen LogP contribution in [-0.4, -0.2) is 29.7 Å². The van der Waals surface area contributed by atoms with Crippen molar-refractivity contribution in [1.29, 1.82) is 0 Å². The van der Waals surface area contributed by atoms with Gasteiger partial charge in [0.15, 0.2) is 0 Å². The van der Waals surface area contributed by atoms with Crippen molar-refractivity contribution in [2.24, 2.45) is 0 Å². The van der Waals surface area contributed by atoms with E-state index in [0.717, 1.165) is 18.6 Å². The van der Waals surface area contributed by atoms with Gasteiger partial charge in [-0.3, -0.25) is 0 Å². The van der Waals surface area contributed by atoms with Gasteiger partial charge in [0, 0.05) is 12.4 Å².